The molecule has 7 nitrogen and oxygen atoms in total. The molecule has 0 aromatic carbocycles. The van der Waals surface area contributed by atoms with Crippen LogP contribution in [0.5, 0.6) is 0 Å². The van der Waals surface area contributed by atoms with Crippen molar-refractivity contribution >= 4 is 5.82 Å². The van der Waals surface area contributed by atoms with E-state index in [1.54, 1.807) is 6.33 Å². The van der Waals surface area contributed by atoms with E-state index in [1.807, 2.05) is 13.1 Å². The van der Waals surface area contributed by atoms with Gasteiger partial charge in [-0.2, -0.15) is 5.10 Å². The van der Waals surface area contributed by atoms with Gasteiger partial charge in [0.1, 0.15) is 23.8 Å². The summed E-state index contributed by atoms with van der Waals surface area (Å²) in [5.74, 6) is 2.89. The van der Waals surface area contributed by atoms with Gasteiger partial charge in [0, 0.05) is 37.9 Å². The van der Waals surface area contributed by atoms with E-state index in [1.165, 1.54) is 5.56 Å². The molecule has 118 valence electrons. The number of nitrogens with zero attached hydrogens (tertiary/aromatic N) is 6. The van der Waals surface area contributed by atoms with E-state index in [9.17, 15) is 0 Å². The van der Waals surface area contributed by atoms with Crippen molar-refractivity contribution in [3.05, 3.63) is 29.7 Å². The summed E-state index contributed by atoms with van der Waals surface area (Å²) in [4.78, 5) is 18.0. The molecule has 3 heterocycles. The molecule has 1 N–H and O–H groups in total. The molecular formula is C15H23N7. The fourth-order valence-corrected chi connectivity index (χ4v) is 2.84. The SMILES string of the molecule is CCCc1cnc(C)nc1N1CCN(Cc2ncn[nH]2)CC1. The molecule has 1 saturated heterocycles. The van der Waals surface area contributed by atoms with Crippen molar-refractivity contribution in [3.63, 3.8) is 0 Å². The fraction of sp³-hybridized carbons (Fsp3) is 0.600. The number of anilines is 1. The van der Waals surface area contributed by atoms with Crippen molar-refractivity contribution in [2.75, 3.05) is 31.1 Å². The van der Waals surface area contributed by atoms with Gasteiger partial charge in [0.05, 0.1) is 6.54 Å². The second-order valence-corrected chi connectivity index (χ2v) is 5.71. The van der Waals surface area contributed by atoms with Crippen molar-refractivity contribution in [1.82, 2.24) is 30.0 Å². The van der Waals surface area contributed by atoms with E-state index in [-0.39, 0.29) is 0 Å². The summed E-state index contributed by atoms with van der Waals surface area (Å²) < 4.78 is 0. The first-order chi connectivity index (χ1) is 10.8. The molecule has 0 atom stereocenters. The number of nitrogens with one attached hydrogen (secondary N) is 1. The summed E-state index contributed by atoms with van der Waals surface area (Å²) in [7, 11) is 0. The minimum atomic E-state index is 0.832. The minimum absolute atomic E-state index is 0.832. The molecule has 0 saturated carbocycles. The van der Waals surface area contributed by atoms with Crippen molar-refractivity contribution in [1.29, 1.82) is 0 Å². The molecule has 0 aliphatic carbocycles. The summed E-state index contributed by atoms with van der Waals surface area (Å²) in [5.41, 5.74) is 1.26. The highest BCUT2D eigenvalue weighted by Gasteiger charge is 2.21. The highest BCUT2D eigenvalue weighted by molar-refractivity contribution is 5.46. The first kappa shape index (κ1) is 14.9. The molecule has 0 spiro atoms. The van der Waals surface area contributed by atoms with Crippen LogP contribution in [0, 0.1) is 6.92 Å². The topological polar surface area (TPSA) is 73.8 Å². The summed E-state index contributed by atoms with van der Waals surface area (Å²) in [6.07, 6.45) is 5.70. The Hall–Kier alpha value is -2.02. The lowest BCUT2D eigenvalue weighted by Gasteiger charge is -2.35. The van der Waals surface area contributed by atoms with Crippen LogP contribution in [0.1, 0.15) is 30.6 Å². The van der Waals surface area contributed by atoms with Gasteiger partial charge in [0.2, 0.25) is 0 Å². The van der Waals surface area contributed by atoms with Gasteiger partial charge in [0.25, 0.3) is 0 Å². The number of aryl methyl sites for hydroxylation is 2. The van der Waals surface area contributed by atoms with Crippen LogP contribution in [-0.4, -0.2) is 56.2 Å². The summed E-state index contributed by atoms with van der Waals surface area (Å²) >= 11 is 0. The van der Waals surface area contributed by atoms with E-state index in [0.717, 1.165) is 63.0 Å². The molecule has 0 radical (unpaired) electrons. The van der Waals surface area contributed by atoms with Gasteiger partial charge in [-0.3, -0.25) is 10.00 Å². The van der Waals surface area contributed by atoms with Crippen LogP contribution in [0.4, 0.5) is 5.82 Å². The number of rotatable bonds is 5. The second-order valence-electron chi connectivity index (χ2n) is 5.71. The zero-order valence-corrected chi connectivity index (χ0v) is 13.3. The summed E-state index contributed by atoms with van der Waals surface area (Å²) in [6.45, 7) is 8.98. The maximum absolute atomic E-state index is 4.68. The maximum Gasteiger partial charge on any atom is 0.138 e. The molecule has 2 aromatic heterocycles. The van der Waals surface area contributed by atoms with Crippen molar-refractivity contribution in [2.24, 2.45) is 0 Å². The fourth-order valence-electron chi connectivity index (χ4n) is 2.84. The molecule has 1 aliphatic heterocycles. The van der Waals surface area contributed by atoms with Crippen LogP contribution in [0.2, 0.25) is 0 Å². The van der Waals surface area contributed by atoms with Crippen molar-refractivity contribution < 1.29 is 0 Å². The summed E-state index contributed by atoms with van der Waals surface area (Å²) in [6, 6.07) is 0. The number of piperazine rings is 1. The van der Waals surface area contributed by atoms with E-state index in [0.29, 0.717) is 0 Å². The van der Waals surface area contributed by atoms with E-state index in [2.05, 4.69) is 41.9 Å². The third kappa shape index (κ3) is 3.41. The molecule has 1 aliphatic rings. The van der Waals surface area contributed by atoms with Crippen molar-refractivity contribution in [3.8, 4) is 0 Å². The van der Waals surface area contributed by atoms with Crippen LogP contribution in [0.3, 0.4) is 0 Å². The zero-order chi connectivity index (χ0) is 15.4. The number of hydrogen-bond acceptors (Lipinski definition) is 6. The number of hydrogen-bond donors (Lipinski definition) is 1. The Balaban J connectivity index is 1.64. The third-order valence-electron chi connectivity index (χ3n) is 3.99. The Kier molecular flexibility index (Phi) is 4.62. The van der Waals surface area contributed by atoms with Crippen LogP contribution in [0.25, 0.3) is 0 Å². The normalized spacial score (nSPS) is 16.2. The molecule has 0 unspecified atom stereocenters. The lowest BCUT2D eigenvalue weighted by Crippen LogP contribution is -2.46. The average molecular weight is 301 g/mol. The van der Waals surface area contributed by atoms with E-state index < -0.39 is 0 Å². The minimum Gasteiger partial charge on any atom is -0.354 e. The second kappa shape index (κ2) is 6.83. The molecule has 2 aromatic rings. The predicted octanol–water partition coefficient (Wildman–Crippen LogP) is 1.18. The lowest BCUT2D eigenvalue weighted by atomic mass is 10.1. The Morgan fingerprint density at radius 2 is 2.00 bits per heavy atom. The Morgan fingerprint density at radius 1 is 1.18 bits per heavy atom. The van der Waals surface area contributed by atoms with Gasteiger partial charge < -0.3 is 4.90 Å². The Morgan fingerprint density at radius 3 is 2.68 bits per heavy atom. The Bertz CT molecular complexity index is 588. The van der Waals surface area contributed by atoms with Gasteiger partial charge >= 0.3 is 0 Å². The molecule has 0 amide bonds. The van der Waals surface area contributed by atoms with Gasteiger partial charge in [0.15, 0.2) is 0 Å². The molecule has 1 fully saturated rings. The predicted molar refractivity (Wildman–Crippen MR) is 84.6 cm³/mol. The average Bonchev–Trinajstić information content (AvgIpc) is 3.03. The van der Waals surface area contributed by atoms with Gasteiger partial charge in [-0.05, 0) is 13.3 Å². The molecular weight excluding hydrogens is 278 g/mol. The van der Waals surface area contributed by atoms with Gasteiger partial charge in [-0.25, -0.2) is 15.0 Å². The van der Waals surface area contributed by atoms with E-state index in [4.69, 9.17) is 0 Å². The number of aromatic nitrogens is 5. The smallest absolute Gasteiger partial charge is 0.138 e. The van der Waals surface area contributed by atoms with Gasteiger partial charge in [-0.15, -0.1) is 0 Å². The van der Waals surface area contributed by atoms with Crippen LogP contribution in [-0.2, 0) is 13.0 Å². The first-order valence-corrected chi connectivity index (χ1v) is 7.90. The van der Waals surface area contributed by atoms with E-state index >= 15 is 0 Å². The monoisotopic (exact) mass is 301 g/mol. The van der Waals surface area contributed by atoms with Crippen molar-refractivity contribution in [2.45, 2.75) is 33.2 Å². The standard InChI is InChI=1S/C15H23N7/c1-3-4-13-9-16-12(2)19-15(13)22-7-5-21(6-8-22)10-14-17-11-18-20-14/h9,11H,3-8,10H2,1-2H3,(H,17,18,20). The number of aromatic amines is 1. The molecule has 0 bridgehead atoms. The van der Waals surface area contributed by atoms with Crippen LogP contribution in [0.15, 0.2) is 12.5 Å². The van der Waals surface area contributed by atoms with Crippen LogP contribution >= 0.6 is 0 Å². The highest BCUT2D eigenvalue weighted by atomic mass is 15.3. The Labute approximate surface area is 130 Å². The molecule has 22 heavy (non-hydrogen) atoms. The maximum atomic E-state index is 4.68. The zero-order valence-electron chi connectivity index (χ0n) is 13.3. The number of H-pyrrole nitrogens is 1. The third-order valence-corrected chi connectivity index (χ3v) is 3.99. The molecule has 3 rings (SSSR count). The molecule has 7 heteroatoms. The van der Waals surface area contributed by atoms with Gasteiger partial charge in [-0.1, -0.05) is 13.3 Å². The summed E-state index contributed by atoms with van der Waals surface area (Å²) in [5, 5.41) is 6.83. The lowest BCUT2D eigenvalue weighted by molar-refractivity contribution is 0.243. The largest absolute Gasteiger partial charge is 0.354 e. The van der Waals surface area contributed by atoms with Crippen LogP contribution < -0.4 is 4.90 Å². The quantitative estimate of drug-likeness (QED) is 0.894. The highest BCUT2D eigenvalue weighted by Crippen LogP contribution is 2.20. The first-order valence-electron chi connectivity index (χ1n) is 7.90.